The van der Waals surface area contributed by atoms with Crippen molar-refractivity contribution < 1.29 is 187 Å². The Balaban J connectivity index is 1.08. The summed E-state index contributed by atoms with van der Waals surface area (Å²) in [6.45, 7) is 9.20. The number of rotatable bonds is 31. The van der Waals surface area contributed by atoms with Crippen molar-refractivity contribution in [2.24, 2.45) is 0 Å². The molecule has 30 aliphatic rings. The zero-order valence-electron chi connectivity index (χ0n) is 63.3. The molecular formula is C68H114O38S8. The highest BCUT2D eigenvalue weighted by molar-refractivity contribution is 8.00. The Morgan fingerprint density at radius 2 is 0.351 bits per heavy atom. The van der Waals surface area contributed by atoms with Crippen molar-refractivity contribution >= 4 is 112 Å². The fraction of sp³-hybridized carbons (Fsp3) is 0.956. The highest BCUT2D eigenvalue weighted by Gasteiger charge is 2.61. The summed E-state index contributed by atoms with van der Waals surface area (Å²) in [5.41, 5.74) is 0. The van der Waals surface area contributed by atoms with Gasteiger partial charge in [-0.05, 0) is 35.2 Å². The van der Waals surface area contributed by atoms with Crippen LogP contribution in [0.2, 0.25) is 0 Å². The zero-order chi connectivity index (χ0) is 82.9. The van der Waals surface area contributed by atoms with Crippen LogP contribution in [0.5, 0.6) is 0 Å². The van der Waals surface area contributed by atoms with Crippen molar-refractivity contribution in [2.75, 3.05) is 92.0 Å². The molecule has 16 bridgehead atoms. The maximum absolute atomic E-state index is 12.2. The van der Waals surface area contributed by atoms with Crippen LogP contribution >= 0.6 is 94.1 Å². The maximum atomic E-state index is 12.2. The molecule has 30 aliphatic heterocycles. The molecule has 30 saturated heterocycles. The Kier molecular flexibility index (Phi) is 40.6. The molecule has 38 nitrogen and oxygen atoms in total. The number of carbonyl (C=O) groups is 3. The predicted octanol–water partition coefficient (Wildman–Crippen LogP) is -4.57. The standard InChI is InChI=1S/C68H114O38S8/c1-6-14-111-22-30-57-41(79)49(87)65(95-30)104-58-32(24-113-16-12-35(71)72)97-67(51(89)43(58)81)106-60-33(25-114-17-13-36(73)74)98-68(52(90)44(60)82)105-59-31(23-112-15-11-34(69)70)96-66(50(88)42(59)80)102-56-29(21-110-10-5)93-63(47(85)39(56)77)100-54-27(19-108-8-3)91-61(45(83)37(54)75)99-53-26(18-107-7-2)92-62(46(84)38(53)76)101-55-28(20-109-9-4)94-64(103-57)48(86)40(55)78/h26-33,37-68,75-90H,6-25H2,1-5H3,(H,69,70)(H,71,72)(H,73,74)/t26?,27?,28?,29?,30?,31?,32?,33?,37-,38-,39-,40-,41-,42-,43-,44-,45?,46?,47?,48?,49?,50?,51?,52?,53-,54-,55-,56-,57-,58-,59-,60-,61+,62-,63-,64-,65-,66-,67-,68-/m1/s1. The van der Waals surface area contributed by atoms with Crippen LogP contribution < -0.4 is 0 Å². The molecule has 46 heteroatoms. The van der Waals surface area contributed by atoms with Crippen LogP contribution in [0.4, 0.5) is 0 Å². The molecule has 0 aromatic carbocycles. The van der Waals surface area contributed by atoms with Gasteiger partial charge in [-0.1, -0.05) is 34.6 Å². The predicted molar refractivity (Wildman–Crippen MR) is 413 cm³/mol. The first-order valence-corrected chi connectivity index (χ1v) is 47.3. The summed E-state index contributed by atoms with van der Waals surface area (Å²) in [5, 5.41) is 223. The molecule has 114 heavy (non-hydrogen) atoms. The number of thioether (sulfide) groups is 8. The number of aliphatic hydroxyl groups is 16. The van der Waals surface area contributed by atoms with Crippen LogP contribution in [0.15, 0.2) is 0 Å². The van der Waals surface area contributed by atoms with E-state index in [-0.39, 0.29) is 82.5 Å². The highest BCUT2D eigenvalue weighted by Crippen LogP contribution is 2.43. The van der Waals surface area contributed by atoms with E-state index in [1.807, 2.05) is 34.6 Å². The molecule has 0 aliphatic carbocycles. The van der Waals surface area contributed by atoms with E-state index in [4.69, 9.17) is 75.8 Å². The fourth-order valence-electron chi connectivity index (χ4n) is 14.2. The van der Waals surface area contributed by atoms with Crippen molar-refractivity contribution in [1.82, 2.24) is 0 Å². The third kappa shape index (κ3) is 25.2. The number of carboxylic acid groups (broad SMARTS) is 3. The highest BCUT2D eigenvalue weighted by atomic mass is 32.2. The smallest absolute Gasteiger partial charge is 0.304 e. The molecule has 0 aromatic heterocycles. The Labute approximate surface area is 693 Å². The lowest BCUT2D eigenvalue weighted by molar-refractivity contribution is -0.396. The fourth-order valence-corrected chi connectivity index (χ4v) is 21.0. The van der Waals surface area contributed by atoms with Crippen LogP contribution in [0.25, 0.3) is 0 Å². The third-order valence-electron chi connectivity index (χ3n) is 20.3. The topological polar surface area (TPSA) is 583 Å². The van der Waals surface area contributed by atoms with Gasteiger partial charge in [-0.2, -0.15) is 94.1 Å². The Bertz CT molecular complexity index is 2860. The molecule has 0 spiro atoms. The van der Waals surface area contributed by atoms with Crippen LogP contribution in [0.3, 0.4) is 0 Å². The minimum Gasteiger partial charge on any atom is -0.481 e. The van der Waals surface area contributed by atoms with Gasteiger partial charge >= 0.3 is 17.9 Å². The van der Waals surface area contributed by atoms with Crippen LogP contribution in [0.1, 0.15) is 60.3 Å². The van der Waals surface area contributed by atoms with E-state index in [1.54, 1.807) is 0 Å². The first kappa shape index (κ1) is 97.7. The molecule has 30 rings (SSSR count). The lowest BCUT2D eigenvalue weighted by Crippen LogP contribution is -2.69. The number of ether oxygens (including phenoxy) is 16. The van der Waals surface area contributed by atoms with Crippen LogP contribution in [-0.4, -0.2) is 453 Å². The minimum atomic E-state index is -2.20. The largest absolute Gasteiger partial charge is 0.481 e. The second-order valence-corrected chi connectivity index (χ2v) is 38.2. The van der Waals surface area contributed by atoms with Gasteiger partial charge < -0.3 is 173 Å². The summed E-state index contributed by atoms with van der Waals surface area (Å²) >= 11 is 9.49. The summed E-state index contributed by atoms with van der Waals surface area (Å²) in [4.78, 5) is 35.2. The van der Waals surface area contributed by atoms with Gasteiger partial charge in [-0.3, -0.25) is 14.4 Å². The van der Waals surface area contributed by atoms with E-state index in [1.165, 1.54) is 58.8 Å². The molecule has 30 heterocycles. The first-order valence-electron chi connectivity index (χ1n) is 38.1. The maximum Gasteiger partial charge on any atom is 0.304 e. The summed E-state index contributed by atoms with van der Waals surface area (Å²) in [5.74, 6) is -1.95. The van der Waals surface area contributed by atoms with Gasteiger partial charge in [0.05, 0.1) is 68.1 Å². The van der Waals surface area contributed by atoms with E-state index in [0.29, 0.717) is 35.2 Å². The molecular weight excluding hydrogens is 1680 g/mol. The number of hydrogen-bond donors (Lipinski definition) is 19. The van der Waals surface area contributed by atoms with Gasteiger partial charge in [0.25, 0.3) is 0 Å². The van der Waals surface area contributed by atoms with Gasteiger partial charge in [-0.15, -0.1) is 0 Å². The molecule has 0 aromatic rings. The molecule has 0 amide bonds. The van der Waals surface area contributed by atoms with Gasteiger partial charge in [-0.25, -0.2) is 0 Å². The van der Waals surface area contributed by atoms with Gasteiger partial charge in [0.1, 0.15) is 146 Å². The normalized spacial score (nSPS) is 45.3. The summed E-state index contributed by atoms with van der Waals surface area (Å²) in [6, 6.07) is 0. The third-order valence-corrected chi connectivity index (χ3v) is 28.6. The van der Waals surface area contributed by atoms with Gasteiger partial charge in [0.15, 0.2) is 50.3 Å². The summed E-state index contributed by atoms with van der Waals surface area (Å²) < 4.78 is 102. The van der Waals surface area contributed by atoms with Crippen molar-refractivity contribution in [3.63, 3.8) is 0 Å². The first-order chi connectivity index (χ1) is 54.5. The van der Waals surface area contributed by atoms with Gasteiger partial charge in [0, 0.05) is 63.3 Å². The van der Waals surface area contributed by atoms with E-state index < -0.39 is 264 Å². The average molecular weight is 1800 g/mol. The van der Waals surface area contributed by atoms with Crippen molar-refractivity contribution in [1.29, 1.82) is 0 Å². The number of aliphatic carboxylic acids is 3. The SMILES string of the molecule is CCCSCC1O[C@@H]2O[C@@H]3C(CSCCC(=O)O)O[C@H](O[C@@H]4C(CSCCC(=O)O)O[C@H](O[C@@H]5C(CSCCC(=O)O)O[C@H](O[C@@H]6C(CSCC)O[C@H](O[C@@H]7C(CSCC)O[C@@H](O[C@@H]8C(CSCC)O[C@H](O[C@@H]9C(CSCC)O[C@H](O[C@H]1[C@H](O)C2O)C(O)[C@H]9O)C(O)[C@H]8O)C(O)[C@H]7O)C(O)[C@H]6O)C(O)[C@H]5O)C(O)[C@H]4O)C(O)[C@H]3O. The molecule has 19 N–H and O–H groups in total. The lowest BCUT2D eigenvalue weighted by Gasteiger charge is -2.51. The Hall–Kier alpha value is -0.0700. The van der Waals surface area contributed by atoms with E-state index >= 15 is 0 Å². The van der Waals surface area contributed by atoms with E-state index in [0.717, 1.165) is 35.3 Å². The molecule has 0 saturated carbocycles. The average Bonchev–Trinajstić information content (AvgIpc) is 0.772. The summed E-state index contributed by atoms with van der Waals surface area (Å²) in [6.07, 6.45) is -72.4. The van der Waals surface area contributed by atoms with Crippen molar-refractivity contribution in [3.05, 3.63) is 0 Å². The quantitative estimate of drug-likeness (QED) is 0.0291. The molecule has 40 atom stereocenters. The molecule has 30 fully saturated rings. The summed E-state index contributed by atoms with van der Waals surface area (Å²) in [7, 11) is 0. The van der Waals surface area contributed by atoms with Gasteiger partial charge in [0.2, 0.25) is 0 Å². The monoisotopic (exact) mass is 1790 g/mol. The van der Waals surface area contributed by atoms with Crippen molar-refractivity contribution in [3.8, 4) is 0 Å². The molecule has 662 valence electrons. The number of aliphatic hydroxyl groups excluding tert-OH is 16. The minimum absolute atomic E-state index is 0.00164. The Morgan fingerprint density at radius 3 is 0.482 bits per heavy atom. The zero-order valence-corrected chi connectivity index (χ0v) is 69.8. The second kappa shape index (κ2) is 47.3. The van der Waals surface area contributed by atoms with Crippen LogP contribution in [0, 0.1) is 0 Å². The van der Waals surface area contributed by atoms with Crippen LogP contribution in [-0.2, 0) is 90.2 Å². The molecule has 0 radical (unpaired) electrons. The molecule has 16 unspecified atom stereocenters. The Morgan fingerprint density at radius 1 is 0.211 bits per heavy atom. The lowest BCUT2D eigenvalue weighted by atomic mass is 9.95. The van der Waals surface area contributed by atoms with E-state index in [2.05, 4.69) is 0 Å². The van der Waals surface area contributed by atoms with E-state index in [9.17, 15) is 111 Å². The second-order valence-electron chi connectivity index (χ2n) is 28.4. The number of hydrogen-bond acceptors (Lipinski definition) is 43. The number of carboxylic acids is 3. The van der Waals surface area contributed by atoms with Crippen molar-refractivity contribution in [2.45, 2.75) is 306 Å².